The molecule has 1 unspecified atom stereocenters. The van der Waals surface area contributed by atoms with E-state index in [2.05, 4.69) is 40.6 Å². The van der Waals surface area contributed by atoms with E-state index in [4.69, 9.17) is 0 Å². The number of carbonyl (C=O) groups is 1. The fourth-order valence-corrected chi connectivity index (χ4v) is 3.07. The Morgan fingerprint density at radius 2 is 2.15 bits per heavy atom. The summed E-state index contributed by atoms with van der Waals surface area (Å²) in [6, 6.07) is 2.02. The molecule has 0 aromatic carbocycles. The fourth-order valence-electron chi connectivity index (χ4n) is 3.07. The molecule has 146 valence electrons. The molecule has 2 aromatic heterocycles. The Balaban J connectivity index is 0.00000169. The molecule has 1 aliphatic heterocycles. The molecule has 0 saturated heterocycles. The van der Waals surface area contributed by atoms with Gasteiger partial charge in [-0.05, 0) is 12.0 Å². The standard InChI is InChI=1S/C17H26N6O.2ClH/c1-12(2)16(17-19-7-8-22(17)3)20-15(24)5-4-13-10-14-11-18-6-9-23(14)21-13;;/h7-8,10,12,16,18H,4-6,9,11H2,1-3H3,(H,20,24);2*1H. The van der Waals surface area contributed by atoms with E-state index in [-0.39, 0.29) is 42.7 Å². The van der Waals surface area contributed by atoms with Crippen molar-refractivity contribution in [3.63, 3.8) is 0 Å². The van der Waals surface area contributed by atoms with Crippen LogP contribution in [0.25, 0.3) is 0 Å². The summed E-state index contributed by atoms with van der Waals surface area (Å²) in [5.41, 5.74) is 2.19. The SMILES string of the molecule is CC(C)C(NC(=O)CCc1cc2n(n1)CCNC2)c1nccn1C.Cl.Cl. The molecule has 1 atom stereocenters. The molecule has 0 aliphatic carbocycles. The molecule has 9 heteroatoms. The first-order valence-corrected chi connectivity index (χ1v) is 8.57. The maximum Gasteiger partial charge on any atom is 0.220 e. The monoisotopic (exact) mass is 402 g/mol. The summed E-state index contributed by atoms with van der Waals surface area (Å²) in [7, 11) is 1.95. The Kier molecular flexibility index (Phi) is 8.59. The first kappa shape index (κ1) is 22.5. The molecule has 1 amide bonds. The normalized spacial score (nSPS) is 14.2. The van der Waals surface area contributed by atoms with Crippen molar-refractivity contribution in [2.75, 3.05) is 6.54 Å². The van der Waals surface area contributed by atoms with Gasteiger partial charge in [0.2, 0.25) is 5.91 Å². The van der Waals surface area contributed by atoms with Gasteiger partial charge >= 0.3 is 0 Å². The second-order valence-corrected chi connectivity index (χ2v) is 6.71. The van der Waals surface area contributed by atoms with Crippen LogP contribution in [-0.2, 0) is 31.4 Å². The Hall–Kier alpha value is -1.57. The third kappa shape index (κ3) is 5.22. The molecule has 7 nitrogen and oxygen atoms in total. The molecule has 0 fully saturated rings. The lowest BCUT2D eigenvalue weighted by atomic mass is 10.0. The predicted octanol–water partition coefficient (Wildman–Crippen LogP) is 2.01. The number of nitrogens with zero attached hydrogens (tertiary/aromatic N) is 4. The quantitative estimate of drug-likeness (QED) is 0.774. The van der Waals surface area contributed by atoms with Gasteiger partial charge in [0.15, 0.2) is 0 Å². The van der Waals surface area contributed by atoms with E-state index >= 15 is 0 Å². The van der Waals surface area contributed by atoms with Crippen LogP contribution in [0, 0.1) is 5.92 Å². The highest BCUT2D eigenvalue weighted by Gasteiger charge is 2.22. The predicted molar refractivity (Wildman–Crippen MR) is 106 cm³/mol. The van der Waals surface area contributed by atoms with Gasteiger partial charge in [0.25, 0.3) is 0 Å². The maximum atomic E-state index is 12.4. The first-order chi connectivity index (χ1) is 11.5. The molecule has 26 heavy (non-hydrogen) atoms. The van der Waals surface area contributed by atoms with Crippen LogP contribution in [-0.4, -0.2) is 31.8 Å². The second-order valence-electron chi connectivity index (χ2n) is 6.71. The largest absolute Gasteiger partial charge is 0.346 e. The molecule has 3 heterocycles. The van der Waals surface area contributed by atoms with Crippen LogP contribution in [0.5, 0.6) is 0 Å². The van der Waals surface area contributed by atoms with E-state index in [1.54, 1.807) is 6.20 Å². The van der Waals surface area contributed by atoms with Crippen molar-refractivity contribution >= 4 is 30.7 Å². The number of carbonyl (C=O) groups excluding carboxylic acids is 1. The average molecular weight is 403 g/mol. The van der Waals surface area contributed by atoms with Crippen LogP contribution in [0.2, 0.25) is 0 Å². The van der Waals surface area contributed by atoms with Gasteiger partial charge in [-0.15, -0.1) is 24.8 Å². The van der Waals surface area contributed by atoms with Gasteiger partial charge in [-0.2, -0.15) is 5.10 Å². The lowest BCUT2D eigenvalue weighted by molar-refractivity contribution is -0.122. The van der Waals surface area contributed by atoms with E-state index in [0.717, 1.165) is 31.2 Å². The van der Waals surface area contributed by atoms with Crippen molar-refractivity contribution in [1.29, 1.82) is 0 Å². The molecule has 1 aliphatic rings. The molecule has 0 radical (unpaired) electrons. The lowest BCUT2D eigenvalue weighted by Gasteiger charge is -2.22. The zero-order valence-electron chi connectivity index (χ0n) is 15.4. The number of nitrogens with one attached hydrogen (secondary N) is 2. The smallest absolute Gasteiger partial charge is 0.220 e. The molecule has 2 aromatic rings. The van der Waals surface area contributed by atoms with Crippen LogP contribution in [0.3, 0.4) is 0 Å². The van der Waals surface area contributed by atoms with Crippen molar-refractivity contribution < 1.29 is 4.79 Å². The number of hydrogen-bond donors (Lipinski definition) is 2. The third-order valence-electron chi connectivity index (χ3n) is 4.45. The molecular formula is C17H28Cl2N6O. The number of rotatable bonds is 6. The molecule has 0 saturated carbocycles. The zero-order chi connectivity index (χ0) is 17.1. The number of aryl methyl sites for hydroxylation is 2. The number of hydrogen-bond acceptors (Lipinski definition) is 4. The van der Waals surface area contributed by atoms with Crippen LogP contribution in [0.15, 0.2) is 18.5 Å². The van der Waals surface area contributed by atoms with E-state index in [1.165, 1.54) is 5.69 Å². The minimum atomic E-state index is -0.0723. The van der Waals surface area contributed by atoms with E-state index in [0.29, 0.717) is 12.8 Å². The van der Waals surface area contributed by atoms with Gasteiger partial charge in [-0.25, -0.2) is 4.98 Å². The summed E-state index contributed by atoms with van der Waals surface area (Å²) in [6.07, 6.45) is 4.77. The highest BCUT2D eigenvalue weighted by Crippen LogP contribution is 2.20. The van der Waals surface area contributed by atoms with Crippen molar-refractivity contribution in [2.45, 2.75) is 45.8 Å². The third-order valence-corrected chi connectivity index (χ3v) is 4.45. The van der Waals surface area contributed by atoms with Gasteiger partial charge < -0.3 is 15.2 Å². The first-order valence-electron chi connectivity index (χ1n) is 8.57. The average Bonchev–Trinajstić information content (AvgIpc) is 3.16. The Labute approximate surface area is 166 Å². The molecule has 2 N–H and O–H groups in total. The fraction of sp³-hybridized carbons (Fsp3) is 0.588. The van der Waals surface area contributed by atoms with Crippen molar-refractivity contribution in [3.05, 3.63) is 35.7 Å². The van der Waals surface area contributed by atoms with Crippen LogP contribution >= 0.6 is 24.8 Å². The van der Waals surface area contributed by atoms with Crippen molar-refractivity contribution in [1.82, 2.24) is 30.0 Å². The summed E-state index contributed by atoms with van der Waals surface area (Å²) < 4.78 is 4.00. The van der Waals surface area contributed by atoms with Gasteiger partial charge in [0.05, 0.1) is 24.0 Å². The molecule has 3 rings (SSSR count). The van der Waals surface area contributed by atoms with Crippen LogP contribution in [0.1, 0.15) is 43.5 Å². The van der Waals surface area contributed by atoms with Crippen LogP contribution < -0.4 is 10.6 Å². The zero-order valence-corrected chi connectivity index (χ0v) is 17.1. The number of imidazole rings is 1. The van der Waals surface area contributed by atoms with E-state index < -0.39 is 0 Å². The van der Waals surface area contributed by atoms with Gasteiger partial charge in [-0.1, -0.05) is 13.8 Å². The minimum absolute atomic E-state index is 0. The van der Waals surface area contributed by atoms with Crippen molar-refractivity contribution in [3.8, 4) is 0 Å². The Morgan fingerprint density at radius 3 is 2.77 bits per heavy atom. The molecular weight excluding hydrogens is 375 g/mol. The number of aromatic nitrogens is 4. The number of amides is 1. The van der Waals surface area contributed by atoms with Crippen LogP contribution in [0.4, 0.5) is 0 Å². The summed E-state index contributed by atoms with van der Waals surface area (Å²) in [5, 5.41) is 11.0. The summed E-state index contributed by atoms with van der Waals surface area (Å²) in [4.78, 5) is 16.8. The molecule has 0 bridgehead atoms. The van der Waals surface area contributed by atoms with Gasteiger partial charge in [0, 0.05) is 45.4 Å². The Bertz CT molecular complexity index is 688. The van der Waals surface area contributed by atoms with Gasteiger partial charge in [0.1, 0.15) is 5.82 Å². The summed E-state index contributed by atoms with van der Waals surface area (Å²) in [6.45, 7) is 6.89. The number of halogens is 2. The summed E-state index contributed by atoms with van der Waals surface area (Å²) in [5.74, 6) is 1.21. The highest BCUT2D eigenvalue weighted by molar-refractivity contribution is 5.85. The van der Waals surface area contributed by atoms with Gasteiger partial charge in [-0.3, -0.25) is 9.48 Å². The maximum absolute atomic E-state index is 12.4. The summed E-state index contributed by atoms with van der Waals surface area (Å²) >= 11 is 0. The highest BCUT2D eigenvalue weighted by atomic mass is 35.5. The molecule has 0 spiro atoms. The van der Waals surface area contributed by atoms with E-state index in [9.17, 15) is 4.79 Å². The Morgan fingerprint density at radius 1 is 1.38 bits per heavy atom. The minimum Gasteiger partial charge on any atom is -0.346 e. The second kappa shape index (κ2) is 9.94. The number of fused-ring (bicyclic) bond motifs is 1. The lowest BCUT2D eigenvalue weighted by Crippen LogP contribution is -2.33. The topological polar surface area (TPSA) is 76.8 Å². The van der Waals surface area contributed by atoms with Crippen molar-refractivity contribution in [2.24, 2.45) is 13.0 Å². The van der Waals surface area contributed by atoms with E-state index in [1.807, 2.05) is 22.5 Å².